The van der Waals surface area contributed by atoms with Crippen LogP contribution in [0, 0.1) is 0 Å². The second-order valence-corrected chi connectivity index (χ2v) is 6.19. The van der Waals surface area contributed by atoms with Crippen molar-refractivity contribution in [3.05, 3.63) is 22.8 Å². The number of nitrogens with two attached hydrogens (primary N) is 1. The van der Waals surface area contributed by atoms with E-state index in [1.54, 1.807) is 6.20 Å². The van der Waals surface area contributed by atoms with Gasteiger partial charge in [-0.05, 0) is 40.9 Å². The number of amides is 1. The fourth-order valence-corrected chi connectivity index (χ4v) is 2.59. The Kier molecular flexibility index (Phi) is 3.22. The van der Waals surface area contributed by atoms with E-state index in [0.29, 0.717) is 0 Å². The lowest BCUT2D eigenvalue weighted by molar-refractivity contribution is -0.133. The number of hydrogen-bond acceptors (Lipinski definition) is 4. The smallest absolute Gasteiger partial charge is 0.242 e. The molecule has 0 atom stereocenters. The van der Waals surface area contributed by atoms with E-state index in [1.807, 2.05) is 17.0 Å². The summed E-state index contributed by atoms with van der Waals surface area (Å²) in [7, 11) is 0. The highest BCUT2D eigenvalue weighted by molar-refractivity contribution is 9.10. The molecule has 0 spiro atoms. The van der Waals surface area contributed by atoms with E-state index in [-0.39, 0.29) is 5.91 Å². The minimum atomic E-state index is -0.544. The largest absolute Gasteiger partial charge is 0.353 e. The average Bonchev–Trinajstić information content (AvgIpc) is 3.18. The molecule has 3 rings (SSSR count). The molecule has 0 radical (unpaired) electrons. The quantitative estimate of drug-likeness (QED) is 0.881. The number of aromatic nitrogens is 1. The Hall–Kier alpha value is -1.14. The highest BCUT2D eigenvalue weighted by Crippen LogP contribution is 2.34. The van der Waals surface area contributed by atoms with E-state index in [2.05, 4.69) is 25.8 Å². The molecule has 5 nitrogen and oxygen atoms in total. The molecule has 1 saturated carbocycles. The molecule has 2 N–H and O–H groups in total. The van der Waals surface area contributed by atoms with Crippen molar-refractivity contribution in [1.29, 1.82) is 0 Å². The number of rotatable bonds is 2. The molecule has 19 heavy (non-hydrogen) atoms. The van der Waals surface area contributed by atoms with Gasteiger partial charge in [0.1, 0.15) is 5.82 Å². The van der Waals surface area contributed by atoms with Crippen LogP contribution in [0.15, 0.2) is 22.8 Å². The first-order valence-electron chi connectivity index (χ1n) is 6.53. The molecule has 1 aliphatic carbocycles. The van der Waals surface area contributed by atoms with Crippen LogP contribution >= 0.6 is 15.9 Å². The number of carbonyl (C=O) groups excluding carboxylic acids is 1. The molecule has 0 bridgehead atoms. The Morgan fingerprint density at radius 1 is 1.26 bits per heavy atom. The number of piperazine rings is 1. The van der Waals surface area contributed by atoms with Crippen LogP contribution in [-0.2, 0) is 4.79 Å². The molecule has 0 unspecified atom stereocenters. The molecular weight excluding hydrogens is 308 g/mol. The first-order valence-corrected chi connectivity index (χ1v) is 7.33. The lowest BCUT2D eigenvalue weighted by atomic mass is 10.2. The van der Waals surface area contributed by atoms with Gasteiger partial charge in [0, 0.05) is 36.8 Å². The van der Waals surface area contributed by atoms with Gasteiger partial charge in [-0.2, -0.15) is 0 Å². The lowest BCUT2D eigenvalue weighted by Gasteiger charge is -2.36. The second-order valence-electron chi connectivity index (χ2n) is 5.27. The van der Waals surface area contributed by atoms with Crippen molar-refractivity contribution in [1.82, 2.24) is 9.88 Å². The molecule has 2 fully saturated rings. The molecular formula is C13H17BrN4O. The fraction of sp³-hybridized carbons (Fsp3) is 0.538. The minimum Gasteiger partial charge on any atom is -0.353 e. The Morgan fingerprint density at radius 2 is 1.95 bits per heavy atom. The summed E-state index contributed by atoms with van der Waals surface area (Å²) in [6.07, 6.45) is 3.46. The van der Waals surface area contributed by atoms with E-state index < -0.39 is 5.54 Å². The summed E-state index contributed by atoms with van der Waals surface area (Å²) in [4.78, 5) is 20.6. The van der Waals surface area contributed by atoms with Crippen molar-refractivity contribution in [2.75, 3.05) is 31.1 Å². The molecule has 1 amide bonds. The van der Waals surface area contributed by atoms with Crippen LogP contribution in [0.4, 0.5) is 5.82 Å². The standard InChI is InChI=1S/C13H17BrN4O/c14-10-1-2-11(16-9-10)17-5-7-18(8-6-17)12(19)13(15)3-4-13/h1-2,9H,3-8,15H2. The molecule has 1 aromatic rings. The van der Waals surface area contributed by atoms with Gasteiger partial charge in [0.2, 0.25) is 5.91 Å². The third kappa shape index (κ3) is 2.60. The van der Waals surface area contributed by atoms with E-state index >= 15 is 0 Å². The van der Waals surface area contributed by atoms with Gasteiger partial charge in [-0.1, -0.05) is 0 Å². The number of nitrogens with zero attached hydrogens (tertiary/aromatic N) is 3. The first-order chi connectivity index (χ1) is 9.08. The maximum Gasteiger partial charge on any atom is 0.242 e. The van der Waals surface area contributed by atoms with Crippen molar-refractivity contribution < 1.29 is 4.79 Å². The van der Waals surface area contributed by atoms with Crippen LogP contribution in [-0.4, -0.2) is 47.5 Å². The Balaban J connectivity index is 1.60. The van der Waals surface area contributed by atoms with E-state index in [4.69, 9.17) is 5.73 Å². The average molecular weight is 325 g/mol. The molecule has 0 aromatic carbocycles. The van der Waals surface area contributed by atoms with Gasteiger partial charge in [-0.3, -0.25) is 4.79 Å². The molecule has 2 aliphatic rings. The van der Waals surface area contributed by atoms with Gasteiger partial charge >= 0.3 is 0 Å². The van der Waals surface area contributed by atoms with E-state index in [1.165, 1.54) is 0 Å². The summed E-state index contributed by atoms with van der Waals surface area (Å²) in [6, 6.07) is 3.98. The van der Waals surface area contributed by atoms with Crippen molar-refractivity contribution in [3.63, 3.8) is 0 Å². The zero-order chi connectivity index (χ0) is 13.5. The summed E-state index contributed by atoms with van der Waals surface area (Å²) in [5.41, 5.74) is 5.42. The highest BCUT2D eigenvalue weighted by Gasteiger charge is 2.48. The molecule has 2 heterocycles. The summed E-state index contributed by atoms with van der Waals surface area (Å²) in [5.74, 6) is 1.08. The monoisotopic (exact) mass is 324 g/mol. The fourth-order valence-electron chi connectivity index (χ4n) is 2.36. The molecule has 1 aliphatic heterocycles. The predicted molar refractivity (Wildman–Crippen MR) is 76.9 cm³/mol. The zero-order valence-electron chi connectivity index (χ0n) is 10.7. The Labute approximate surface area is 120 Å². The minimum absolute atomic E-state index is 0.121. The second kappa shape index (κ2) is 4.76. The third-order valence-corrected chi connectivity index (χ3v) is 4.29. The lowest BCUT2D eigenvalue weighted by Crippen LogP contribution is -2.54. The maximum atomic E-state index is 12.1. The topological polar surface area (TPSA) is 62.5 Å². The summed E-state index contributed by atoms with van der Waals surface area (Å²) in [6.45, 7) is 3.10. The zero-order valence-corrected chi connectivity index (χ0v) is 12.3. The van der Waals surface area contributed by atoms with Crippen LogP contribution in [0.5, 0.6) is 0 Å². The highest BCUT2D eigenvalue weighted by atomic mass is 79.9. The van der Waals surface area contributed by atoms with Gasteiger partial charge in [0.25, 0.3) is 0 Å². The van der Waals surface area contributed by atoms with Crippen LogP contribution in [0.25, 0.3) is 0 Å². The maximum absolute atomic E-state index is 12.1. The van der Waals surface area contributed by atoms with Gasteiger partial charge in [-0.15, -0.1) is 0 Å². The number of pyridine rings is 1. The van der Waals surface area contributed by atoms with Crippen LogP contribution in [0.1, 0.15) is 12.8 Å². The van der Waals surface area contributed by atoms with E-state index in [9.17, 15) is 4.79 Å². The SMILES string of the molecule is NC1(C(=O)N2CCN(c3ccc(Br)cn3)CC2)CC1. The normalized spacial score (nSPS) is 21.4. The molecule has 6 heteroatoms. The molecule has 1 aromatic heterocycles. The molecule has 1 saturated heterocycles. The van der Waals surface area contributed by atoms with E-state index in [0.717, 1.165) is 49.3 Å². The number of carbonyl (C=O) groups is 1. The van der Waals surface area contributed by atoms with Crippen LogP contribution < -0.4 is 10.6 Å². The Morgan fingerprint density at radius 3 is 2.47 bits per heavy atom. The number of hydrogen-bond donors (Lipinski definition) is 1. The van der Waals surface area contributed by atoms with Crippen molar-refractivity contribution in [2.45, 2.75) is 18.4 Å². The third-order valence-electron chi connectivity index (χ3n) is 3.82. The van der Waals surface area contributed by atoms with Crippen LogP contribution in [0.2, 0.25) is 0 Å². The first kappa shape index (κ1) is 12.9. The predicted octanol–water partition coefficient (Wildman–Crippen LogP) is 0.984. The van der Waals surface area contributed by atoms with Crippen LogP contribution in [0.3, 0.4) is 0 Å². The number of anilines is 1. The summed E-state index contributed by atoms with van der Waals surface area (Å²) in [5, 5.41) is 0. The van der Waals surface area contributed by atoms with Gasteiger partial charge in [-0.25, -0.2) is 4.98 Å². The van der Waals surface area contributed by atoms with Crippen molar-refractivity contribution in [3.8, 4) is 0 Å². The summed E-state index contributed by atoms with van der Waals surface area (Å²) >= 11 is 3.38. The van der Waals surface area contributed by atoms with Gasteiger partial charge in [0.15, 0.2) is 0 Å². The van der Waals surface area contributed by atoms with Gasteiger partial charge in [0.05, 0.1) is 5.54 Å². The van der Waals surface area contributed by atoms with Crippen molar-refractivity contribution >= 4 is 27.7 Å². The Bertz CT molecular complexity index is 478. The number of halogens is 1. The summed E-state index contributed by atoms with van der Waals surface area (Å²) < 4.78 is 0.976. The van der Waals surface area contributed by atoms with Crippen molar-refractivity contribution in [2.24, 2.45) is 5.73 Å². The van der Waals surface area contributed by atoms with Gasteiger partial charge < -0.3 is 15.5 Å². The molecule has 102 valence electrons.